The highest BCUT2D eigenvalue weighted by molar-refractivity contribution is 6.31. The van der Waals surface area contributed by atoms with Crippen molar-refractivity contribution in [2.24, 2.45) is 0 Å². The summed E-state index contributed by atoms with van der Waals surface area (Å²) in [6.45, 7) is 0. The number of oxazole rings is 1. The molecule has 6 heteroatoms. The molecule has 0 aliphatic heterocycles. The SMILES string of the molecule is O=c1[nH]c2ccc(C(O)Cc3c(F)cccc3Cl)cc2o1. The molecule has 1 aromatic heterocycles. The third-order valence-corrected chi connectivity index (χ3v) is 3.64. The number of rotatable bonds is 3. The minimum absolute atomic E-state index is 0.0334. The molecule has 2 N–H and O–H groups in total. The summed E-state index contributed by atoms with van der Waals surface area (Å²) in [6.07, 6.45) is -0.921. The van der Waals surface area contributed by atoms with Crippen LogP contribution in [0.4, 0.5) is 4.39 Å². The van der Waals surface area contributed by atoms with Crippen molar-refractivity contribution in [1.82, 2.24) is 4.98 Å². The molecule has 3 rings (SSSR count). The standard InChI is InChI=1S/C15H11ClFNO3/c16-10-2-1-3-11(17)9(10)7-13(19)8-4-5-12-14(6-8)21-15(20)18-12/h1-6,13,19H,7H2,(H,18,20). The number of halogens is 2. The second-order valence-electron chi connectivity index (χ2n) is 4.69. The fraction of sp³-hybridized carbons (Fsp3) is 0.133. The molecule has 1 atom stereocenters. The minimum Gasteiger partial charge on any atom is -0.408 e. The Labute approximate surface area is 123 Å². The average molecular weight is 308 g/mol. The van der Waals surface area contributed by atoms with Crippen molar-refractivity contribution in [2.45, 2.75) is 12.5 Å². The molecule has 0 bridgehead atoms. The Morgan fingerprint density at radius 1 is 1.33 bits per heavy atom. The van der Waals surface area contributed by atoms with E-state index in [4.69, 9.17) is 16.0 Å². The van der Waals surface area contributed by atoms with E-state index in [-0.39, 0.29) is 17.0 Å². The summed E-state index contributed by atoms with van der Waals surface area (Å²) in [5, 5.41) is 10.5. The highest BCUT2D eigenvalue weighted by Crippen LogP contribution is 2.27. The lowest BCUT2D eigenvalue weighted by Crippen LogP contribution is -2.04. The highest BCUT2D eigenvalue weighted by Gasteiger charge is 2.15. The summed E-state index contributed by atoms with van der Waals surface area (Å²) in [4.78, 5) is 13.6. The van der Waals surface area contributed by atoms with Gasteiger partial charge in [-0.1, -0.05) is 23.7 Å². The number of fused-ring (bicyclic) bond motifs is 1. The van der Waals surface area contributed by atoms with E-state index >= 15 is 0 Å². The van der Waals surface area contributed by atoms with E-state index in [0.29, 0.717) is 16.7 Å². The molecule has 0 aliphatic rings. The van der Waals surface area contributed by atoms with Crippen molar-refractivity contribution in [3.8, 4) is 0 Å². The first-order valence-corrected chi connectivity index (χ1v) is 6.66. The van der Waals surface area contributed by atoms with Crippen LogP contribution in [0.2, 0.25) is 5.02 Å². The number of H-pyrrole nitrogens is 1. The third-order valence-electron chi connectivity index (χ3n) is 3.29. The van der Waals surface area contributed by atoms with Crippen LogP contribution in [0.25, 0.3) is 11.1 Å². The molecule has 2 aromatic carbocycles. The van der Waals surface area contributed by atoms with Gasteiger partial charge in [0.15, 0.2) is 5.58 Å². The van der Waals surface area contributed by atoms with E-state index in [1.165, 1.54) is 12.1 Å². The van der Waals surface area contributed by atoms with E-state index in [0.717, 1.165) is 0 Å². The van der Waals surface area contributed by atoms with Crippen LogP contribution in [0, 0.1) is 5.82 Å². The second kappa shape index (κ2) is 5.35. The van der Waals surface area contributed by atoms with E-state index in [1.807, 2.05) is 0 Å². The van der Waals surface area contributed by atoms with Gasteiger partial charge in [0, 0.05) is 17.0 Å². The smallest absolute Gasteiger partial charge is 0.408 e. The van der Waals surface area contributed by atoms with E-state index in [9.17, 15) is 14.3 Å². The number of hydrogen-bond acceptors (Lipinski definition) is 3. The van der Waals surface area contributed by atoms with Crippen LogP contribution < -0.4 is 5.76 Å². The van der Waals surface area contributed by atoms with Crippen molar-refractivity contribution in [1.29, 1.82) is 0 Å². The van der Waals surface area contributed by atoms with E-state index < -0.39 is 17.7 Å². The van der Waals surface area contributed by atoms with Crippen molar-refractivity contribution in [2.75, 3.05) is 0 Å². The van der Waals surface area contributed by atoms with Crippen molar-refractivity contribution < 1.29 is 13.9 Å². The molecule has 0 amide bonds. The van der Waals surface area contributed by atoms with Gasteiger partial charge in [0.2, 0.25) is 0 Å². The average Bonchev–Trinajstić information content (AvgIpc) is 2.81. The molecule has 0 fully saturated rings. The van der Waals surface area contributed by atoms with E-state index in [2.05, 4.69) is 4.98 Å². The first-order valence-electron chi connectivity index (χ1n) is 6.28. The van der Waals surface area contributed by atoms with Crippen LogP contribution in [-0.2, 0) is 6.42 Å². The summed E-state index contributed by atoms with van der Waals surface area (Å²) in [5.74, 6) is -1.02. The lowest BCUT2D eigenvalue weighted by atomic mass is 10.0. The molecule has 0 spiro atoms. The van der Waals surface area contributed by atoms with Gasteiger partial charge in [-0.15, -0.1) is 0 Å². The maximum Gasteiger partial charge on any atom is 0.417 e. The maximum absolute atomic E-state index is 13.7. The Balaban J connectivity index is 1.93. The summed E-state index contributed by atoms with van der Waals surface area (Å²) in [5.41, 5.74) is 1.66. The molecule has 0 saturated heterocycles. The molecule has 21 heavy (non-hydrogen) atoms. The normalized spacial score (nSPS) is 12.7. The Bertz CT molecular complexity index is 835. The van der Waals surface area contributed by atoms with E-state index in [1.54, 1.807) is 24.3 Å². The molecule has 0 radical (unpaired) electrons. The zero-order valence-electron chi connectivity index (χ0n) is 10.8. The van der Waals surface area contributed by atoms with Crippen LogP contribution in [0.3, 0.4) is 0 Å². The first kappa shape index (κ1) is 13.9. The molecule has 0 aliphatic carbocycles. The highest BCUT2D eigenvalue weighted by atomic mass is 35.5. The van der Waals surface area contributed by atoms with Gasteiger partial charge < -0.3 is 9.52 Å². The number of benzene rings is 2. The van der Waals surface area contributed by atoms with Crippen LogP contribution in [0.15, 0.2) is 45.6 Å². The number of aliphatic hydroxyl groups excluding tert-OH is 1. The van der Waals surface area contributed by atoms with Crippen LogP contribution >= 0.6 is 11.6 Å². The summed E-state index contributed by atoms with van der Waals surface area (Å²) in [6, 6.07) is 9.19. The number of hydrogen-bond donors (Lipinski definition) is 2. The molecule has 3 aromatic rings. The third kappa shape index (κ3) is 2.70. The molecule has 1 unspecified atom stereocenters. The van der Waals surface area contributed by atoms with Crippen LogP contribution in [0.5, 0.6) is 0 Å². The number of aromatic nitrogens is 1. The summed E-state index contributed by atoms with van der Waals surface area (Å²) in [7, 11) is 0. The zero-order chi connectivity index (χ0) is 15.0. The van der Waals surface area contributed by atoms with Gasteiger partial charge in [-0.2, -0.15) is 0 Å². The number of nitrogens with one attached hydrogen (secondary N) is 1. The predicted molar refractivity (Wildman–Crippen MR) is 76.9 cm³/mol. The van der Waals surface area contributed by atoms with Crippen molar-refractivity contribution in [3.05, 3.63) is 68.9 Å². The predicted octanol–water partition coefficient (Wildman–Crippen LogP) is 3.19. The lowest BCUT2D eigenvalue weighted by Gasteiger charge is -2.12. The van der Waals surface area contributed by atoms with Gasteiger partial charge in [-0.25, -0.2) is 9.18 Å². The fourth-order valence-corrected chi connectivity index (χ4v) is 2.45. The van der Waals surface area contributed by atoms with Gasteiger partial charge in [0.25, 0.3) is 0 Å². The Morgan fingerprint density at radius 2 is 2.14 bits per heavy atom. The van der Waals surface area contributed by atoms with Crippen molar-refractivity contribution >= 4 is 22.7 Å². The zero-order valence-corrected chi connectivity index (χ0v) is 11.5. The maximum atomic E-state index is 13.7. The fourth-order valence-electron chi connectivity index (χ4n) is 2.21. The van der Waals surface area contributed by atoms with Gasteiger partial charge in [-0.3, -0.25) is 4.98 Å². The molecular formula is C15H11ClFNO3. The van der Waals surface area contributed by atoms with Gasteiger partial charge in [0.1, 0.15) is 5.82 Å². The Kier molecular flexibility index (Phi) is 3.53. The molecule has 1 heterocycles. The van der Waals surface area contributed by atoms with Crippen molar-refractivity contribution in [3.63, 3.8) is 0 Å². The summed E-state index contributed by atoms with van der Waals surface area (Å²) >= 11 is 5.94. The monoisotopic (exact) mass is 307 g/mol. The molecule has 0 saturated carbocycles. The van der Waals surface area contributed by atoms with Gasteiger partial charge in [0.05, 0.1) is 11.6 Å². The van der Waals surface area contributed by atoms with Gasteiger partial charge in [-0.05, 0) is 29.8 Å². The molecule has 108 valence electrons. The molecular weight excluding hydrogens is 297 g/mol. The largest absolute Gasteiger partial charge is 0.417 e. The lowest BCUT2D eigenvalue weighted by molar-refractivity contribution is 0.177. The summed E-state index contributed by atoms with van der Waals surface area (Å²) < 4.78 is 18.7. The molecule has 4 nitrogen and oxygen atoms in total. The second-order valence-corrected chi connectivity index (χ2v) is 5.10. The first-order chi connectivity index (χ1) is 10.0. The topological polar surface area (TPSA) is 66.2 Å². The van der Waals surface area contributed by atoms with Crippen LogP contribution in [-0.4, -0.2) is 10.1 Å². The quantitative estimate of drug-likeness (QED) is 0.781. The van der Waals surface area contributed by atoms with Gasteiger partial charge >= 0.3 is 5.76 Å². The Morgan fingerprint density at radius 3 is 2.90 bits per heavy atom. The Hall–Kier alpha value is -2.11. The number of aromatic amines is 1. The minimum atomic E-state index is -0.955. The number of aliphatic hydroxyl groups is 1. The van der Waals surface area contributed by atoms with Crippen LogP contribution in [0.1, 0.15) is 17.2 Å².